The van der Waals surface area contributed by atoms with Gasteiger partial charge in [0, 0.05) is 24.4 Å². The Morgan fingerprint density at radius 3 is 2.87 bits per heavy atom. The molecule has 4 rings (SSSR count). The van der Waals surface area contributed by atoms with Crippen LogP contribution in [0.4, 0.5) is 10.1 Å². The molecule has 0 spiro atoms. The zero-order valence-electron chi connectivity index (χ0n) is 16.6. The lowest BCUT2D eigenvalue weighted by Gasteiger charge is -2.15. The van der Waals surface area contributed by atoms with Crippen LogP contribution in [0, 0.1) is 12.8 Å². The number of aromatic amines is 1. The van der Waals surface area contributed by atoms with Crippen LogP contribution in [0.15, 0.2) is 62.5 Å². The molecule has 0 radical (unpaired) electrons. The number of anilines is 1. The van der Waals surface area contributed by atoms with Crippen molar-refractivity contribution in [3.05, 3.63) is 74.3 Å². The van der Waals surface area contributed by atoms with Gasteiger partial charge in [-0.05, 0) is 36.6 Å². The Balaban J connectivity index is 1.74. The summed E-state index contributed by atoms with van der Waals surface area (Å²) in [5.41, 5.74) is 6.80. The fourth-order valence-corrected chi connectivity index (χ4v) is 3.43. The number of aryl methyl sites for hydroxylation is 1. The predicted molar refractivity (Wildman–Crippen MR) is 115 cm³/mol. The van der Waals surface area contributed by atoms with Gasteiger partial charge in [0.05, 0.1) is 16.6 Å². The van der Waals surface area contributed by atoms with E-state index in [2.05, 4.69) is 9.98 Å². The van der Waals surface area contributed by atoms with Gasteiger partial charge in [0.1, 0.15) is 23.9 Å². The van der Waals surface area contributed by atoms with E-state index < -0.39 is 11.2 Å². The minimum Gasteiger partial charge on any atom is -0.487 e. The molecule has 0 amide bonds. The number of fused-ring (bicyclic) bond motifs is 1. The molecule has 0 saturated heterocycles. The number of aromatic nitrogens is 2. The fourth-order valence-electron chi connectivity index (χ4n) is 3.43. The molecule has 0 saturated carbocycles. The highest BCUT2D eigenvalue weighted by molar-refractivity contribution is 5.89. The highest BCUT2D eigenvalue weighted by Gasteiger charge is 2.17. The lowest BCUT2D eigenvalue weighted by molar-refractivity contribution is 0.341. The molecular formula is C22H21FN4O3. The third-order valence-electron chi connectivity index (χ3n) is 5.05. The number of allylic oxidation sites excluding steroid dienone is 1. The minimum atomic E-state index is -0.585. The van der Waals surface area contributed by atoms with Crippen molar-refractivity contribution in [2.24, 2.45) is 10.9 Å². The predicted octanol–water partition coefficient (Wildman–Crippen LogP) is 3.24. The molecule has 1 aliphatic heterocycles. The van der Waals surface area contributed by atoms with Crippen LogP contribution in [0.2, 0.25) is 0 Å². The normalized spacial score (nSPS) is 16.3. The van der Waals surface area contributed by atoms with Gasteiger partial charge in [-0.3, -0.25) is 9.79 Å². The summed E-state index contributed by atoms with van der Waals surface area (Å²) < 4.78 is 20.8. The molecule has 0 bridgehead atoms. The van der Waals surface area contributed by atoms with Crippen LogP contribution in [0.5, 0.6) is 5.75 Å². The largest absolute Gasteiger partial charge is 0.487 e. The third kappa shape index (κ3) is 3.52. The minimum absolute atomic E-state index is 0.0481. The number of nitrogens with two attached hydrogens (primary N) is 1. The Labute approximate surface area is 171 Å². The maximum atomic E-state index is 14.1. The number of halogens is 1. The van der Waals surface area contributed by atoms with E-state index in [0.717, 1.165) is 4.57 Å². The quantitative estimate of drug-likeness (QED) is 0.647. The van der Waals surface area contributed by atoms with Crippen molar-refractivity contribution < 1.29 is 9.13 Å². The van der Waals surface area contributed by atoms with Crippen LogP contribution in [0.3, 0.4) is 0 Å². The first-order valence-corrected chi connectivity index (χ1v) is 9.54. The van der Waals surface area contributed by atoms with E-state index in [0.29, 0.717) is 28.9 Å². The van der Waals surface area contributed by atoms with Crippen LogP contribution in [0.25, 0.3) is 16.6 Å². The van der Waals surface area contributed by atoms with Gasteiger partial charge in [-0.15, -0.1) is 0 Å². The summed E-state index contributed by atoms with van der Waals surface area (Å²) in [6, 6.07) is 9.89. The summed E-state index contributed by atoms with van der Waals surface area (Å²) in [6.45, 7) is 3.62. The number of nitrogen functional groups attached to an aromatic ring is 1. The summed E-state index contributed by atoms with van der Waals surface area (Å²) in [5.74, 6) is 0.144. The zero-order chi connectivity index (χ0) is 21.4. The highest BCUT2D eigenvalue weighted by Crippen LogP contribution is 2.24. The first-order valence-electron chi connectivity index (χ1n) is 9.54. The van der Waals surface area contributed by atoms with Gasteiger partial charge in [-0.25, -0.2) is 13.8 Å². The van der Waals surface area contributed by atoms with Crippen LogP contribution >= 0.6 is 0 Å². The molecule has 0 fully saturated rings. The van der Waals surface area contributed by atoms with Crippen molar-refractivity contribution >= 4 is 22.8 Å². The van der Waals surface area contributed by atoms with Crippen LogP contribution in [-0.2, 0) is 0 Å². The molecule has 1 aliphatic rings. The zero-order valence-corrected chi connectivity index (χ0v) is 16.6. The SMILES string of the molecule is Cc1ccc(OCC2=C(F)C[C@H](C)C=N2)cc1-n1c(=O)[nH]c2cccc(N)c2c1=O. The number of aliphatic imine (C=N–C) groups is 1. The van der Waals surface area contributed by atoms with Crippen molar-refractivity contribution in [3.8, 4) is 11.4 Å². The number of nitrogens with one attached hydrogen (secondary N) is 1. The topological polar surface area (TPSA) is 102 Å². The molecule has 154 valence electrons. The van der Waals surface area contributed by atoms with Crippen molar-refractivity contribution in [2.75, 3.05) is 12.3 Å². The maximum Gasteiger partial charge on any atom is 0.333 e. The lowest BCUT2D eigenvalue weighted by atomic mass is 10.1. The van der Waals surface area contributed by atoms with E-state index in [4.69, 9.17) is 10.5 Å². The van der Waals surface area contributed by atoms with Crippen LogP contribution in [-0.4, -0.2) is 22.4 Å². The second-order valence-electron chi connectivity index (χ2n) is 7.39. The molecule has 30 heavy (non-hydrogen) atoms. The van der Waals surface area contributed by atoms with Crippen LogP contribution < -0.4 is 21.7 Å². The average molecular weight is 408 g/mol. The first kappa shape index (κ1) is 19.6. The molecule has 2 aromatic carbocycles. The molecule has 1 aromatic heterocycles. The number of nitrogens with zero attached hydrogens (tertiary/aromatic N) is 2. The average Bonchev–Trinajstić information content (AvgIpc) is 2.69. The summed E-state index contributed by atoms with van der Waals surface area (Å²) >= 11 is 0. The number of ether oxygens (including phenoxy) is 1. The Bertz CT molecular complexity index is 1320. The number of rotatable bonds is 4. The number of hydrogen-bond acceptors (Lipinski definition) is 5. The smallest absolute Gasteiger partial charge is 0.333 e. The third-order valence-corrected chi connectivity index (χ3v) is 5.05. The molecular weight excluding hydrogens is 387 g/mol. The Hall–Kier alpha value is -3.68. The summed E-state index contributed by atoms with van der Waals surface area (Å²) in [4.78, 5) is 32.5. The molecule has 7 nitrogen and oxygen atoms in total. The van der Waals surface area contributed by atoms with Gasteiger partial charge in [0.2, 0.25) is 0 Å². The number of hydrogen-bond donors (Lipinski definition) is 2. The van der Waals surface area contributed by atoms with E-state index in [1.807, 2.05) is 6.92 Å². The number of benzene rings is 2. The van der Waals surface area contributed by atoms with Gasteiger partial charge in [-0.1, -0.05) is 19.1 Å². The fraction of sp³-hybridized carbons (Fsp3) is 0.227. The summed E-state index contributed by atoms with van der Waals surface area (Å²) in [6.07, 6.45) is 1.99. The molecule has 3 N–H and O–H groups in total. The number of H-pyrrole nitrogens is 1. The maximum absolute atomic E-state index is 14.1. The second-order valence-corrected chi connectivity index (χ2v) is 7.39. The van der Waals surface area contributed by atoms with Gasteiger partial charge >= 0.3 is 5.69 Å². The highest BCUT2D eigenvalue weighted by atomic mass is 19.1. The van der Waals surface area contributed by atoms with Crippen LogP contribution in [0.1, 0.15) is 18.9 Å². The van der Waals surface area contributed by atoms with Gasteiger partial charge < -0.3 is 15.5 Å². The standard InChI is InChI=1S/C22H21FN4O3/c1-12-8-15(23)18(25-10-12)11-30-14-7-6-13(2)19(9-14)27-21(28)20-16(24)4-3-5-17(20)26-22(27)29/h3-7,9-10,12H,8,11,24H2,1-2H3,(H,26,29)/t12-/m0/s1. The summed E-state index contributed by atoms with van der Waals surface area (Å²) in [5, 5.41) is 0.237. The molecule has 0 aliphatic carbocycles. The van der Waals surface area contributed by atoms with Crippen molar-refractivity contribution in [1.29, 1.82) is 0 Å². The molecule has 8 heteroatoms. The molecule has 1 atom stereocenters. The van der Waals surface area contributed by atoms with E-state index >= 15 is 0 Å². The monoisotopic (exact) mass is 408 g/mol. The molecule has 2 heterocycles. The first-order chi connectivity index (χ1) is 14.3. The van der Waals surface area contributed by atoms with E-state index in [-0.39, 0.29) is 35.1 Å². The summed E-state index contributed by atoms with van der Waals surface area (Å²) in [7, 11) is 0. The second kappa shape index (κ2) is 7.62. The lowest BCUT2D eigenvalue weighted by Crippen LogP contribution is -2.34. The van der Waals surface area contributed by atoms with Gasteiger partial charge in [0.25, 0.3) is 5.56 Å². The van der Waals surface area contributed by atoms with Gasteiger partial charge in [0.15, 0.2) is 0 Å². The van der Waals surface area contributed by atoms with Crippen molar-refractivity contribution in [3.63, 3.8) is 0 Å². The van der Waals surface area contributed by atoms with Crippen molar-refractivity contribution in [1.82, 2.24) is 9.55 Å². The molecule has 3 aromatic rings. The van der Waals surface area contributed by atoms with Crippen molar-refractivity contribution in [2.45, 2.75) is 20.3 Å². The Kier molecular flexibility index (Phi) is 4.99. The molecule has 0 unspecified atom stereocenters. The van der Waals surface area contributed by atoms with E-state index in [1.54, 1.807) is 49.5 Å². The Morgan fingerprint density at radius 2 is 2.10 bits per heavy atom. The van der Waals surface area contributed by atoms with E-state index in [9.17, 15) is 14.0 Å². The van der Waals surface area contributed by atoms with E-state index in [1.165, 1.54) is 0 Å². The Morgan fingerprint density at radius 1 is 1.30 bits per heavy atom. The van der Waals surface area contributed by atoms with Gasteiger partial charge in [-0.2, -0.15) is 0 Å².